The van der Waals surface area contributed by atoms with Gasteiger partial charge in [-0.05, 0) is 31.0 Å². The van der Waals surface area contributed by atoms with Crippen LogP contribution in [-0.2, 0) is 11.3 Å². The topological polar surface area (TPSA) is 52.7 Å². The third-order valence-electron chi connectivity index (χ3n) is 4.99. The van der Waals surface area contributed by atoms with Crippen LogP contribution >= 0.6 is 11.6 Å². The van der Waals surface area contributed by atoms with Gasteiger partial charge in [0, 0.05) is 32.7 Å². The van der Waals surface area contributed by atoms with E-state index in [0.29, 0.717) is 23.7 Å². The minimum absolute atomic E-state index is 0.0537. The Morgan fingerprint density at radius 2 is 1.71 bits per heavy atom. The molecular weight excluding hydrogens is 374 g/mol. The number of nitrogens with zero attached hydrogens (tertiary/aromatic N) is 2. The first kappa shape index (κ1) is 20.4. The third kappa shape index (κ3) is 5.33. The number of hydrogen-bond acceptors (Lipinski definition) is 3. The van der Waals surface area contributed by atoms with Crippen LogP contribution in [0.1, 0.15) is 29.3 Å². The van der Waals surface area contributed by atoms with Gasteiger partial charge in [-0.15, -0.1) is 0 Å². The van der Waals surface area contributed by atoms with Crippen molar-refractivity contribution in [3.8, 4) is 0 Å². The van der Waals surface area contributed by atoms with E-state index in [1.807, 2.05) is 23.1 Å². The summed E-state index contributed by atoms with van der Waals surface area (Å²) in [5.41, 5.74) is 1.66. The molecule has 2 aromatic carbocycles. The van der Waals surface area contributed by atoms with E-state index in [1.165, 1.54) is 5.56 Å². The van der Waals surface area contributed by atoms with Gasteiger partial charge in [-0.3, -0.25) is 14.5 Å². The van der Waals surface area contributed by atoms with E-state index in [1.54, 1.807) is 31.2 Å². The zero-order valence-corrected chi connectivity index (χ0v) is 16.9. The van der Waals surface area contributed by atoms with Crippen LogP contribution in [0.25, 0.3) is 0 Å². The second-order valence-electron chi connectivity index (χ2n) is 7.12. The van der Waals surface area contributed by atoms with E-state index in [2.05, 4.69) is 22.3 Å². The minimum Gasteiger partial charge on any atom is -0.340 e. The van der Waals surface area contributed by atoms with Crippen molar-refractivity contribution >= 4 is 23.4 Å². The Labute approximate surface area is 171 Å². The molecule has 0 radical (unpaired) electrons. The summed E-state index contributed by atoms with van der Waals surface area (Å²) in [7, 11) is 0. The molecule has 1 aliphatic heterocycles. The Bertz CT molecular complexity index is 812. The van der Waals surface area contributed by atoms with Crippen LogP contribution in [0.2, 0.25) is 5.02 Å². The molecule has 0 spiro atoms. The first-order valence-electron chi connectivity index (χ1n) is 9.65. The van der Waals surface area contributed by atoms with Crippen LogP contribution in [0.3, 0.4) is 0 Å². The molecular formula is C22H26ClN3O2. The highest BCUT2D eigenvalue weighted by molar-refractivity contribution is 6.33. The zero-order valence-electron chi connectivity index (χ0n) is 16.1. The van der Waals surface area contributed by atoms with Crippen molar-refractivity contribution in [2.45, 2.75) is 25.9 Å². The van der Waals surface area contributed by atoms with Gasteiger partial charge in [0.25, 0.3) is 5.91 Å². The summed E-state index contributed by atoms with van der Waals surface area (Å²) in [6.45, 7) is 5.77. The molecule has 3 rings (SSSR count). The summed E-state index contributed by atoms with van der Waals surface area (Å²) in [6, 6.07) is 16.6. The Morgan fingerprint density at radius 3 is 2.46 bits per heavy atom. The van der Waals surface area contributed by atoms with E-state index >= 15 is 0 Å². The monoisotopic (exact) mass is 399 g/mol. The fourth-order valence-electron chi connectivity index (χ4n) is 3.45. The van der Waals surface area contributed by atoms with Gasteiger partial charge in [-0.1, -0.05) is 54.1 Å². The predicted octanol–water partition coefficient (Wildman–Crippen LogP) is 3.19. The molecule has 148 valence electrons. The number of carbonyl (C=O) groups excluding carboxylic acids is 2. The minimum atomic E-state index is -0.593. The number of halogens is 1. The highest BCUT2D eigenvalue weighted by atomic mass is 35.5. The number of rotatable bonds is 5. The van der Waals surface area contributed by atoms with Crippen LogP contribution in [0, 0.1) is 0 Å². The summed E-state index contributed by atoms with van der Waals surface area (Å²) in [6.07, 6.45) is 0.920. The maximum absolute atomic E-state index is 12.8. The van der Waals surface area contributed by atoms with Gasteiger partial charge >= 0.3 is 0 Å². The maximum Gasteiger partial charge on any atom is 0.253 e. The molecule has 1 fully saturated rings. The van der Waals surface area contributed by atoms with Crippen LogP contribution in [0.4, 0.5) is 0 Å². The number of benzene rings is 2. The fourth-order valence-corrected chi connectivity index (χ4v) is 3.67. The largest absolute Gasteiger partial charge is 0.340 e. The molecule has 1 N–H and O–H groups in total. The molecule has 6 heteroatoms. The van der Waals surface area contributed by atoms with Gasteiger partial charge in [0.05, 0.1) is 10.6 Å². The molecule has 1 aliphatic rings. The SMILES string of the molecule is CC(NC(=O)c1ccccc1Cl)C(=O)N1CCCN(Cc2ccccc2)CC1. The van der Waals surface area contributed by atoms with Crippen molar-refractivity contribution in [2.24, 2.45) is 0 Å². The summed E-state index contributed by atoms with van der Waals surface area (Å²) >= 11 is 6.07. The molecule has 0 saturated carbocycles. The van der Waals surface area contributed by atoms with Gasteiger partial charge < -0.3 is 10.2 Å². The number of hydrogen-bond donors (Lipinski definition) is 1. The molecule has 2 aromatic rings. The van der Waals surface area contributed by atoms with Gasteiger partial charge in [0.15, 0.2) is 0 Å². The normalized spacial score (nSPS) is 16.3. The standard InChI is InChI=1S/C22H26ClN3O2/c1-17(24-21(27)19-10-5-6-11-20(19)23)22(28)26-13-7-12-25(14-15-26)16-18-8-3-2-4-9-18/h2-6,8-11,17H,7,12-16H2,1H3,(H,24,27). The lowest BCUT2D eigenvalue weighted by molar-refractivity contribution is -0.132. The van der Waals surface area contributed by atoms with Gasteiger partial charge in [-0.2, -0.15) is 0 Å². The number of nitrogens with one attached hydrogen (secondary N) is 1. The molecule has 0 aromatic heterocycles. The summed E-state index contributed by atoms with van der Waals surface area (Å²) < 4.78 is 0. The van der Waals surface area contributed by atoms with Crippen LogP contribution < -0.4 is 5.32 Å². The molecule has 0 aliphatic carbocycles. The number of amides is 2. The van der Waals surface area contributed by atoms with Crippen molar-refractivity contribution in [1.29, 1.82) is 0 Å². The second kappa shape index (κ2) is 9.71. The highest BCUT2D eigenvalue weighted by Gasteiger charge is 2.25. The molecule has 1 atom stereocenters. The summed E-state index contributed by atoms with van der Waals surface area (Å²) in [5.74, 6) is -0.381. The average Bonchev–Trinajstić information content (AvgIpc) is 2.94. The average molecular weight is 400 g/mol. The molecule has 1 unspecified atom stereocenters. The van der Waals surface area contributed by atoms with E-state index in [-0.39, 0.29) is 11.8 Å². The Balaban J connectivity index is 1.54. The highest BCUT2D eigenvalue weighted by Crippen LogP contribution is 2.15. The first-order chi connectivity index (χ1) is 13.5. The van der Waals surface area contributed by atoms with Crippen LogP contribution in [0.5, 0.6) is 0 Å². The van der Waals surface area contributed by atoms with Crippen molar-refractivity contribution in [3.63, 3.8) is 0 Å². The van der Waals surface area contributed by atoms with Crippen molar-refractivity contribution in [2.75, 3.05) is 26.2 Å². The summed E-state index contributed by atoms with van der Waals surface area (Å²) in [5, 5.41) is 3.16. The van der Waals surface area contributed by atoms with Gasteiger partial charge in [0.1, 0.15) is 6.04 Å². The van der Waals surface area contributed by atoms with E-state index < -0.39 is 6.04 Å². The Morgan fingerprint density at radius 1 is 1.00 bits per heavy atom. The van der Waals surface area contributed by atoms with E-state index in [0.717, 1.165) is 26.1 Å². The lowest BCUT2D eigenvalue weighted by atomic mass is 10.2. The molecule has 5 nitrogen and oxygen atoms in total. The fraction of sp³-hybridized carbons (Fsp3) is 0.364. The molecule has 28 heavy (non-hydrogen) atoms. The Kier molecular flexibility index (Phi) is 7.06. The third-order valence-corrected chi connectivity index (χ3v) is 5.32. The van der Waals surface area contributed by atoms with Gasteiger partial charge in [-0.25, -0.2) is 0 Å². The molecule has 2 amide bonds. The van der Waals surface area contributed by atoms with E-state index in [4.69, 9.17) is 11.6 Å². The van der Waals surface area contributed by atoms with Crippen LogP contribution in [0.15, 0.2) is 54.6 Å². The lowest BCUT2D eigenvalue weighted by Crippen LogP contribution is -2.48. The summed E-state index contributed by atoms with van der Waals surface area (Å²) in [4.78, 5) is 29.5. The van der Waals surface area contributed by atoms with Gasteiger partial charge in [0.2, 0.25) is 5.91 Å². The maximum atomic E-state index is 12.8. The lowest BCUT2D eigenvalue weighted by Gasteiger charge is -2.25. The zero-order chi connectivity index (χ0) is 19.9. The number of carbonyl (C=O) groups is 2. The first-order valence-corrected chi connectivity index (χ1v) is 10.0. The quantitative estimate of drug-likeness (QED) is 0.840. The van der Waals surface area contributed by atoms with Crippen molar-refractivity contribution in [1.82, 2.24) is 15.1 Å². The molecule has 1 heterocycles. The van der Waals surface area contributed by atoms with E-state index in [9.17, 15) is 9.59 Å². The smallest absolute Gasteiger partial charge is 0.253 e. The predicted molar refractivity (Wildman–Crippen MR) is 111 cm³/mol. The van der Waals surface area contributed by atoms with Crippen molar-refractivity contribution < 1.29 is 9.59 Å². The second-order valence-corrected chi connectivity index (χ2v) is 7.52. The Hall–Kier alpha value is -2.37. The van der Waals surface area contributed by atoms with Crippen molar-refractivity contribution in [3.05, 3.63) is 70.7 Å². The molecule has 0 bridgehead atoms. The molecule has 1 saturated heterocycles. The van der Waals surface area contributed by atoms with Crippen LogP contribution in [-0.4, -0.2) is 53.8 Å².